The fraction of sp³-hybridized carbons (Fsp3) is 0.909. The van der Waals surface area contributed by atoms with Crippen LogP contribution >= 0.6 is 0 Å². The van der Waals surface area contributed by atoms with Crippen LogP contribution in [-0.2, 0) is 0 Å². The molecule has 2 rings (SSSR count). The number of piperidine rings is 1. The second-order valence-electron chi connectivity index (χ2n) is 4.71. The highest BCUT2D eigenvalue weighted by Crippen LogP contribution is 2.48. The largest absolute Gasteiger partial charge is 0.387 e. The summed E-state index contributed by atoms with van der Waals surface area (Å²) in [6.45, 7) is 1.57. The first-order valence-corrected chi connectivity index (χ1v) is 5.57. The van der Waals surface area contributed by atoms with E-state index in [9.17, 15) is 10.4 Å². The number of rotatable bonds is 1. The quantitative estimate of drug-likeness (QED) is 0.659. The van der Waals surface area contributed by atoms with Gasteiger partial charge < -0.3 is 10.4 Å². The zero-order valence-corrected chi connectivity index (χ0v) is 8.55. The fourth-order valence-corrected chi connectivity index (χ4v) is 2.96. The van der Waals surface area contributed by atoms with Gasteiger partial charge in [0, 0.05) is 6.54 Å². The van der Waals surface area contributed by atoms with E-state index in [1.807, 2.05) is 0 Å². The van der Waals surface area contributed by atoms with Gasteiger partial charge in [0.25, 0.3) is 0 Å². The molecule has 78 valence electrons. The van der Waals surface area contributed by atoms with Gasteiger partial charge in [0.15, 0.2) is 0 Å². The molecule has 2 fully saturated rings. The van der Waals surface area contributed by atoms with Crippen molar-refractivity contribution < 1.29 is 5.11 Å². The van der Waals surface area contributed by atoms with Crippen LogP contribution in [0.1, 0.15) is 38.5 Å². The smallest absolute Gasteiger partial charge is 0.0957 e. The minimum Gasteiger partial charge on any atom is -0.387 e. The van der Waals surface area contributed by atoms with Gasteiger partial charge in [-0.2, -0.15) is 5.26 Å². The van der Waals surface area contributed by atoms with E-state index in [-0.39, 0.29) is 0 Å². The molecule has 1 atom stereocenters. The minimum absolute atomic E-state index is 0.458. The van der Waals surface area contributed by atoms with Crippen molar-refractivity contribution in [2.75, 3.05) is 13.1 Å². The lowest BCUT2D eigenvalue weighted by atomic mass is 9.68. The maximum Gasteiger partial charge on any atom is 0.0957 e. The van der Waals surface area contributed by atoms with Gasteiger partial charge in [-0.15, -0.1) is 0 Å². The third kappa shape index (κ3) is 1.34. The predicted molar refractivity (Wildman–Crippen MR) is 53.6 cm³/mol. The van der Waals surface area contributed by atoms with Crippen LogP contribution in [0.15, 0.2) is 0 Å². The Bertz CT molecular complexity index is 245. The lowest BCUT2D eigenvalue weighted by molar-refractivity contribution is -0.0691. The van der Waals surface area contributed by atoms with E-state index in [4.69, 9.17) is 0 Å². The molecule has 0 amide bonds. The van der Waals surface area contributed by atoms with Crippen molar-refractivity contribution in [3.05, 3.63) is 0 Å². The zero-order chi connectivity index (χ0) is 10.1. The number of aliphatic hydroxyl groups is 1. The number of nitriles is 1. The van der Waals surface area contributed by atoms with E-state index in [1.165, 1.54) is 0 Å². The predicted octanol–water partition coefficient (Wildman–Crippen LogP) is 1.18. The first-order valence-electron chi connectivity index (χ1n) is 5.57. The third-order valence-electron chi connectivity index (χ3n) is 3.92. The van der Waals surface area contributed by atoms with E-state index in [0.29, 0.717) is 6.54 Å². The lowest BCUT2D eigenvalue weighted by Crippen LogP contribution is -2.55. The van der Waals surface area contributed by atoms with Crippen molar-refractivity contribution in [3.63, 3.8) is 0 Å². The molecule has 0 aromatic heterocycles. The summed E-state index contributed by atoms with van der Waals surface area (Å²) in [5.41, 5.74) is -1.23. The number of hydrogen-bond donors (Lipinski definition) is 2. The van der Waals surface area contributed by atoms with Crippen LogP contribution in [0.2, 0.25) is 0 Å². The number of nitrogens with one attached hydrogen (secondary N) is 1. The van der Waals surface area contributed by atoms with E-state index >= 15 is 0 Å². The van der Waals surface area contributed by atoms with Gasteiger partial charge in [-0.3, -0.25) is 0 Å². The third-order valence-corrected chi connectivity index (χ3v) is 3.92. The molecule has 1 saturated carbocycles. The Hall–Kier alpha value is -0.590. The molecular weight excluding hydrogens is 176 g/mol. The van der Waals surface area contributed by atoms with Crippen LogP contribution in [0.5, 0.6) is 0 Å². The molecule has 2 aliphatic rings. The molecule has 1 aliphatic carbocycles. The van der Waals surface area contributed by atoms with Gasteiger partial charge >= 0.3 is 0 Å². The lowest BCUT2D eigenvalue weighted by Gasteiger charge is -2.43. The first kappa shape index (κ1) is 9.95. The minimum atomic E-state index is -0.767. The molecular formula is C11H18N2O. The highest BCUT2D eigenvalue weighted by Gasteiger charge is 2.52. The molecule has 1 aliphatic heterocycles. The fourth-order valence-electron chi connectivity index (χ4n) is 2.96. The van der Waals surface area contributed by atoms with Crippen molar-refractivity contribution in [3.8, 4) is 6.07 Å². The Balaban J connectivity index is 2.21. The average molecular weight is 194 g/mol. The van der Waals surface area contributed by atoms with Gasteiger partial charge in [-0.25, -0.2) is 0 Å². The number of nitrogens with zero attached hydrogens (tertiary/aromatic N) is 1. The summed E-state index contributed by atoms with van der Waals surface area (Å²) in [7, 11) is 0. The van der Waals surface area contributed by atoms with Crippen molar-refractivity contribution in [2.24, 2.45) is 5.41 Å². The Kier molecular flexibility index (Phi) is 2.50. The molecule has 0 spiro atoms. The van der Waals surface area contributed by atoms with E-state index < -0.39 is 11.0 Å². The molecule has 0 aromatic rings. The van der Waals surface area contributed by atoms with Gasteiger partial charge in [-0.05, 0) is 32.2 Å². The van der Waals surface area contributed by atoms with Crippen molar-refractivity contribution in [1.82, 2.24) is 5.32 Å². The summed E-state index contributed by atoms with van der Waals surface area (Å²) < 4.78 is 0. The molecule has 0 aromatic carbocycles. The van der Waals surface area contributed by atoms with Crippen LogP contribution in [0.4, 0.5) is 0 Å². The monoisotopic (exact) mass is 194 g/mol. The van der Waals surface area contributed by atoms with Crippen LogP contribution in [0.25, 0.3) is 0 Å². The summed E-state index contributed by atoms with van der Waals surface area (Å²) >= 11 is 0. The summed E-state index contributed by atoms with van der Waals surface area (Å²) in [5, 5.41) is 23.0. The highest BCUT2D eigenvalue weighted by molar-refractivity contribution is 5.15. The molecule has 0 bridgehead atoms. The highest BCUT2D eigenvalue weighted by atomic mass is 16.3. The second-order valence-corrected chi connectivity index (χ2v) is 4.71. The van der Waals surface area contributed by atoms with Gasteiger partial charge in [0.05, 0.1) is 17.1 Å². The molecule has 0 radical (unpaired) electrons. The van der Waals surface area contributed by atoms with Crippen molar-refractivity contribution in [1.29, 1.82) is 5.26 Å². The summed E-state index contributed by atoms with van der Waals surface area (Å²) in [6.07, 6.45) is 5.71. The number of β-amino-alcohol motifs (C(OH)–C–C–N with tert-alkyl or cyclic N) is 1. The summed E-state index contributed by atoms with van der Waals surface area (Å²) in [4.78, 5) is 0. The maximum absolute atomic E-state index is 10.5. The van der Waals surface area contributed by atoms with Crippen molar-refractivity contribution in [2.45, 2.75) is 44.1 Å². The van der Waals surface area contributed by atoms with Crippen LogP contribution in [-0.4, -0.2) is 23.8 Å². The topological polar surface area (TPSA) is 56.0 Å². The normalized spacial score (nSPS) is 36.6. The molecule has 1 heterocycles. The molecule has 1 unspecified atom stereocenters. The number of hydrogen-bond acceptors (Lipinski definition) is 3. The molecule has 2 N–H and O–H groups in total. The summed E-state index contributed by atoms with van der Waals surface area (Å²) in [5.74, 6) is 0. The Labute approximate surface area is 85.1 Å². The van der Waals surface area contributed by atoms with Gasteiger partial charge in [-0.1, -0.05) is 12.8 Å². The van der Waals surface area contributed by atoms with Gasteiger partial charge in [0.2, 0.25) is 0 Å². The zero-order valence-electron chi connectivity index (χ0n) is 8.55. The van der Waals surface area contributed by atoms with Crippen molar-refractivity contribution >= 4 is 0 Å². The summed E-state index contributed by atoms with van der Waals surface area (Å²) in [6, 6.07) is 2.40. The molecule has 3 heteroatoms. The Morgan fingerprint density at radius 1 is 1.14 bits per heavy atom. The van der Waals surface area contributed by atoms with Gasteiger partial charge in [0.1, 0.15) is 0 Å². The average Bonchev–Trinajstić information content (AvgIpc) is 2.68. The van der Waals surface area contributed by atoms with Crippen LogP contribution < -0.4 is 5.32 Å². The van der Waals surface area contributed by atoms with E-state index in [0.717, 1.165) is 45.1 Å². The molecule has 1 saturated heterocycles. The first-order chi connectivity index (χ1) is 6.72. The second kappa shape index (κ2) is 3.52. The van der Waals surface area contributed by atoms with E-state index in [2.05, 4.69) is 11.4 Å². The van der Waals surface area contributed by atoms with Crippen LogP contribution in [0.3, 0.4) is 0 Å². The van der Waals surface area contributed by atoms with E-state index in [1.54, 1.807) is 0 Å². The SMILES string of the molecule is N#CC1(C2(O)CCCNC2)CCCC1. The Morgan fingerprint density at radius 3 is 2.36 bits per heavy atom. The molecule has 3 nitrogen and oxygen atoms in total. The molecule has 14 heavy (non-hydrogen) atoms. The standard InChI is InChI=1S/C11H18N2O/c12-8-10(4-1-2-5-10)11(14)6-3-7-13-9-11/h13-14H,1-7,9H2. The Morgan fingerprint density at radius 2 is 1.86 bits per heavy atom. The van der Waals surface area contributed by atoms with Crippen LogP contribution in [0, 0.1) is 16.7 Å². The maximum atomic E-state index is 10.5.